The fourth-order valence-electron chi connectivity index (χ4n) is 1.95. The Bertz CT molecular complexity index is 564. The second-order valence-corrected chi connectivity index (χ2v) is 5.68. The zero-order chi connectivity index (χ0) is 14.2. The number of aromatic nitrogens is 3. The molecule has 0 bridgehead atoms. The molecule has 5 nitrogen and oxygen atoms in total. The van der Waals surface area contributed by atoms with E-state index in [2.05, 4.69) is 20.7 Å². The summed E-state index contributed by atoms with van der Waals surface area (Å²) in [7, 11) is 0. The van der Waals surface area contributed by atoms with Gasteiger partial charge in [0.1, 0.15) is 12.0 Å². The van der Waals surface area contributed by atoms with Crippen molar-refractivity contribution in [1.29, 1.82) is 0 Å². The molecule has 0 aliphatic heterocycles. The van der Waals surface area contributed by atoms with E-state index in [1.807, 2.05) is 0 Å². The van der Waals surface area contributed by atoms with E-state index in [0.717, 1.165) is 12.8 Å². The summed E-state index contributed by atoms with van der Waals surface area (Å²) in [6, 6.07) is 0.992. The smallest absolute Gasteiger partial charge is 0.364 e. The average molecular weight is 304 g/mol. The summed E-state index contributed by atoms with van der Waals surface area (Å²) < 4.78 is 42.3. The Morgan fingerprint density at radius 2 is 2.20 bits per heavy atom. The fraction of sp³-hybridized carbons (Fsp3) is 0.545. The molecule has 20 heavy (non-hydrogen) atoms. The topological polar surface area (TPSA) is 63.8 Å². The van der Waals surface area contributed by atoms with Crippen molar-refractivity contribution in [3.63, 3.8) is 0 Å². The van der Waals surface area contributed by atoms with Gasteiger partial charge in [-0.05, 0) is 18.8 Å². The minimum Gasteiger partial charge on any atom is -0.364 e. The van der Waals surface area contributed by atoms with Crippen LogP contribution in [0, 0.1) is 5.92 Å². The van der Waals surface area contributed by atoms with Crippen molar-refractivity contribution in [3.8, 4) is 10.7 Å². The Morgan fingerprint density at radius 1 is 1.40 bits per heavy atom. The number of halogens is 3. The lowest BCUT2D eigenvalue weighted by Crippen LogP contribution is -2.28. The maximum atomic E-state index is 12.5. The molecule has 0 spiro atoms. The third-order valence-corrected chi connectivity index (χ3v) is 3.91. The molecule has 1 atom stereocenters. The van der Waals surface area contributed by atoms with Crippen LogP contribution in [0.4, 0.5) is 18.3 Å². The molecule has 108 valence electrons. The maximum absolute atomic E-state index is 12.5. The van der Waals surface area contributed by atoms with Crippen LogP contribution in [0.25, 0.3) is 10.7 Å². The van der Waals surface area contributed by atoms with Crippen LogP contribution in [0.5, 0.6) is 0 Å². The van der Waals surface area contributed by atoms with Gasteiger partial charge in [-0.15, -0.1) is 10.2 Å². The van der Waals surface area contributed by atoms with Crippen LogP contribution in [0.3, 0.4) is 0 Å². The Balaban J connectivity index is 1.69. The van der Waals surface area contributed by atoms with Gasteiger partial charge >= 0.3 is 6.18 Å². The number of anilines is 1. The molecule has 1 fully saturated rings. The summed E-state index contributed by atoms with van der Waals surface area (Å²) in [4.78, 5) is 0. The van der Waals surface area contributed by atoms with Gasteiger partial charge < -0.3 is 9.84 Å². The molecule has 0 aromatic carbocycles. The normalized spacial score (nSPS) is 17.1. The molecule has 3 rings (SSSR count). The van der Waals surface area contributed by atoms with Gasteiger partial charge in [-0.3, -0.25) is 0 Å². The van der Waals surface area contributed by atoms with Crippen LogP contribution in [-0.2, 0) is 0 Å². The van der Waals surface area contributed by atoms with E-state index in [4.69, 9.17) is 4.52 Å². The highest BCUT2D eigenvalue weighted by molar-refractivity contribution is 7.18. The van der Waals surface area contributed by atoms with Crippen molar-refractivity contribution in [2.24, 2.45) is 5.92 Å². The SMILES string of the molecule is FC(F)(F)CC(Nc1nnc(-c2ccon2)s1)C1CC1. The van der Waals surface area contributed by atoms with Crippen molar-refractivity contribution in [2.75, 3.05) is 5.32 Å². The first kappa shape index (κ1) is 13.3. The predicted octanol–water partition coefficient (Wildman–Crippen LogP) is 3.34. The Kier molecular flexibility index (Phi) is 3.36. The molecule has 2 heterocycles. The number of hydrogen-bond acceptors (Lipinski definition) is 6. The van der Waals surface area contributed by atoms with Gasteiger partial charge in [0.05, 0.1) is 6.42 Å². The van der Waals surface area contributed by atoms with Crippen molar-refractivity contribution in [1.82, 2.24) is 15.4 Å². The van der Waals surface area contributed by atoms with Gasteiger partial charge in [-0.1, -0.05) is 16.5 Å². The van der Waals surface area contributed by atoms with Crippen LogP contribution in [0.2, 0.25) is 0 Å². The van der Waals surface area contributed by atoms with E-state index in [0.29, 0.717) is 15.8 Å². The second-order valence-electron chi connectivity index (χ2n) is 4.70. The number of nitrogens with one attached hydrogen (secondary N) is 1. The number of alkyl halides is 3. The van der Waals surface area contributed by atoms with Gasteiger partial charge in [-0.25, -0.2) is 0 Å². The van der Waals surface area contributed by atoms with Gasteiger partial charge in [0.2, 0.25) is 5.13 Å². The molecule has 0 amide bonds. The summed E-state index contributed by atoms with van der Waals surface area (Å²) in [5.41, 5.74) is 0.523. The van der Waals surface area contributed by atoms with Crippen LogP contribution in [-0.4, -0.2) is 27.6 Å². The molecule has 0 radical (unpaired) electrons. The Hall–Kier alpha value is -1.64. The van der Waals surface area contributed by atoms with E-state index in [1.165, 1.54) is 17.6 Å². The van der Waals surface area contributed by atoms with E-state index in [-0.39, 0.29) is 5.92 Å². The monoisotopic (exact) mass is 304 g/mol. The quantitative estimate of drug-likeness (QED) is 0.918. The van der Waals surface area contributed by atoms with E-state index < -0.39 is 18.6 Å². The average Bonchev–Trinajstić information content (AvgIpc) is 2.88. The molecular formula is C11H11F3N4OS. The number of hydrogen-bond donors (Lipinski definition) is 1. The summed E-state index contributed by atoms with van der Waals surface area (Å²) in [5.74, 6) is 0.0658. The number of nitrogens with zero attached hydrogens (tertiary/aromatic N) is 3. The highest BCUT2D eigenvalue weighted by atomic mass is 32.1. The van der Waals surface area contributed by atoms with Crippen LogP contribution >= 0.6 is 11.3 Å². The van der Waals surface area contributed by atoms with Gasteiger partial charge in [0, 0.05) is 12.1 Å². The molecule has 1 aliphatic carbocycles. The lowest BCUT2D eigenvalue weighted by atomic mass is 10.1. The summed E-state index contributed by atoms with van der Waals surface area (Å²) >= 11 is 1.17. The highest BCUT2D eigenvalue weighted by Gasteiger charge is 2.40. The predicted molar refractivity (Wildman–Crippen MR) is 66.2 cm³/mol. The first-order valence-corrected chi connectivity index (χ1v) is 6.90. The molecular weight excluding hydrogens is 293 g/mol. The van der Waals surface area contributed by atoms with Gasteiger partial charge in [0.25, 0.3) is 0 Å². The van der Waals surface area contributed by atoms with E-state index >= 15 is 0 Å². The van der Waals surface area contributed by atoms with Crippen LogP contribution in [0.1, 0.15) is 19.3 Å². The lowest BCUT2D eigenvalue weighted by molar-refractivity contribution is -0.138. The second kappa shape index (κ2) is 5.04. The van der Waals surface area contributed by atoms with Crippen LogP contribution in [0.15, 0.2) is 16.9 Å². The largest absolute Gasteiger partial charge is 0.391 e. The molecule has 1 unspecified atom stereocenters. The van der Waals surface area contributed by atoms with E-state index in [1.54, 1.807) is 6.07 Å². The van der Waals surface area contributed by atoms with Crippen molar-refractivity contribution < 1.29 is 17.7 Å². The summed E-state index contributed by atoms with van der Waals surface area (Å²) in [6.07, 6.45) is -1.98. The molecule has 1 aliphatic rings. The minimum absolute atomic E-state index is 0.0658. The van der Waals surface area contributed by atoms with Gasteiger partial charge in [0.15, 0.2) is 5.01 Å². The molecule has 9 heteroatoms. The zero-order valence-electron chi connectivity index (χ0n) is 10.2. The molecule has 1 N–H and O–H groups in total. The van der Waals surface area contributed by atoms with E-state index in [9.17, 15) is 13.2 Å². The van der Waals surface area contributed by atoms with Crippen LogP contribution < -0.4 is 5.32 Å². The van der Waals surface area contributed by atoms with Crippen molar-refractivity contribution >= 4 is 16.5 Å². The Morgan fingerprint density at radius 3 is 2.80 bits per heavy atom. The zero-order valence-corrected chi connectivity index (χ0v) is 11.0. The molecule has 0 saturated heterocycles. The fourth-order valence-corrected chi connectivity index (χ4v) is 2.72. The van der Waals surface area contributed by atoms with Crippen molar-refractivity contribution in [3.05, 3.63) is 12.3 Å². The third-order valence-electron chi connectivity index (χ3n) is 3.03. The first-order valence-electron chi connectivity index (χ1n) is 6.09. The molecule has 1 saturated carbocycles. The van der Waals surface area contributed by atoms with Gasteiger partial charge in [-0.2, -0.15) is 13.2 Å². The number of rotatable bonds is 5. The van der Waals surface area contributed by atoms with Crippen molar-refractivity contribution in [2.45, 2.75) is 31.5 Å². The third kappa shape index (κ3) is 3.27. The summed E-state index contributed by atoms with van der Waals surface area (Å²) in [6.45, 7) is 0. The lowest BCUT2D eigenvalue weighted by Gasteiger charge is -2.18. The molecule has 2 aromatic heterocycles. The Labute approximate surface area is 116 Å². The minimum atomic E-state index is -4.18. The first-order chi connectivity index (χ1) is 9.51. The highest BCUT2D eigenvalue weighted by Crippen LogP contribution is 2.39. The molecule has 2 aromatic rings. The standard InChI is InChI=1S/C11H11F3N4OS/c12-11(13,14)5-8(6-1-2-6)15-10-17-16-9(20-10)7-3-4-19-18-7/h3-4,6,8H,1-2,5H2,(H,15,17). The summed E-state index contributed by atoms with van der Waals surface area (Å²) in [5, 5.41) is 15.2. The maximum Gasteiger partial charge on any atom is 0.391 e.